The summed E-state index contributed by atoms with van der Waals surface area (Å²) in [5.74, 6) is 0.471. The largest absolute Gasteiger partial charge is 0.492 e. The number of nitrogens with one attached hydrogen (secondary N) is 1. The molecule has 5 nitrogen and oxygen atoms in total. The van der Waals surface area contributed by atoms with Crippen molar-refractivity contribution in [1.82, 2.24) is 0 Å². The van der Waals surface area contributed by atoms with Crippen LogP contribution < -0.4 is 14.8 Å². The average Bonchev–Trinajstić information content (AvgIpc) is 2.57. The lowest BCUT2D eigenvalue weighted by molar-refractivity contribution is -0.134. The van der Waals surface area contributed by atoms with E-state index in [4.69, 9.17) is 9.47 Å². The highest BCUT2D eigenvalue weighted by Crippen LogP contribution is 2.24. The van der Waals surface area contributed by atoms with Gasteiger partial charge in [-0.1, -0.05) is 19.1 Å². The maximum Gasteiger partial charge on any atom is 0.310 e. The molecule has 2 aromatic carbocycles. The first-order valence-corrected chi connectivity index (χ1v) is 7.48. The van der Waals surface area contributed by atoms with E-state index in [1.54, 1.807) is 43.3 Å². The number of hydrogen-bond acceptors (Lipinski definition) is 4. The van der Waals surface area contributed by atoms with Crippen LogP contribution >= 0.6 is 0 Å². The van der Waals surface area contributed by atoms with Gasteiger partial charge >= 0.3 is 5.97 Å². The van der Waals surface area contributed by atoms with Crippen molar-refractivity contribution >= 4 is 17.6 Å². The zero-order chi connectivity index (χ0) is 16.7. The van der Waals surface area contributed by atoms with Crippen molar-refractivity contribution in [3.63, 3.8) is 0 Å². The van der Waals surface area contributed by atoms with Gasteiger partial charge in [-0.2, -0.15) is 0 Å². The second-order valence-corrected chi connectivity index (χ2v) is 4.74. The number of carbonyl (C=O) groups is 2. The summed E-state index contributed by atoms with van der Waals surface area (Å²) in [4.78, 5) is 23.5. The average molecular weight is 313 g/mol. The summed E-state index contributed by atoms with van der Waals surface area (Å²) >= 11 is 0. The molecule has 0 bridgehead atoms. The number of benzene rings is 2. The van der Waals surface area contributed by atoms with Gasteiger partial charge in [0, 0.05) is 12.0 Å². The monoisotopic (exact) mass is 313 g/mol. The highest BCUT2D eigenvalue weighted by atomic mass is 16.5. The molecule has 0 aliphatic heterocycles. The minimum atomic E-state index is -0.312. The van der Waals surface area contributed by atoms with Gasteiger partial charge in [-0.25, -0.2) is 0 Å². The van der Waals surface area contributed by atoms with Crippen LogP contribution in [-0.4, -0.2) is 18.5 Å². The first kappa shape index (κ1) is 16.5. The highest BCUT2D eigenvalue weighted by molar-refractivity contribution is 6.05. The van der Waals surface area contributed by atoms with Crippen molar-refractivity contribution in [1.29, 1.82) is 0 Å². The third-order valence-corrected chi connectivity index (χ3v) is 3.07. The van der Waals surface area contributed by atoms with Crippen molar-refractivity contribution < 1.29 is 19.1 Å². The van der Waals surface area contributed by atoms with E-state index in [0.717, 1.165) is 0 Å². The van der Waals surface area contributed by atoms with E-state index in [1.165, 1.54) is 0 Å². The van der Waals surface area contributed by atoms with Crippen LogP contribution in [0.1, 0.15) is 30.6 Å². The lowest BCUT2D eigenvalue weighted by atomic mass is 10.2. The predicted octanol–water partition coefficient (Wildman–Crippen LogP) is 3.65. The number of rotatable bonds is 6. The molecule has 120 valence electrons. The minimum absolute atomic E-state index is 0.259. The smallest absolute Gasteiger partial charge is 0.310 e. The summed E-state index contributed by atoms with van der Waals surface area (Å²) in [5, 5.41) is 2.81. The summed E-state index contributed by atoms with van der Waals surface area (Å²) in [5.41, 5.74) is 1.08. The summed E-state index contributed by atoms with van der Waals surface area (Å²) < 4.78 is 10.6. The van der Waals surface area contributed by atoms with Gasteiger partial charge in [-0.3, -0.25) is 9.59 Å². The number of anilines is 1. The Bertz CT molecular complexity index is 680. The number of hydrogen-bond donors (Lipinski definition) is 1. The number of amides is 1. The van der Waals surface area contributed by atoms with Crippen molar-refractivity contribution in [2.24, 2.45) is 0 Å². The fourth-order valence-electron chi connectivity index (χ4n) is 1.92. The molecular formula is C18H19NO4. The van der Waals surface area contributed by atoms with Crippen LogP contribution in [0.15, 0.2) is 48.5 Å². The topological polar surface area (TPSA) is 64.6 Å². The van der Waals surface area contributed by atoms with E-state index in [-0.39, 0.29) is 11.9 Å². The third kappa shape index (κ3) is 4.57. The van der Waals surface area contributed by atoms with Gasteiger partial charge in [0.15, 0.2) is 0 Å². The van der Waals surface area contributed by atoms with E-state index in [9.17, 15) is 9.59 Å². The Morgan fingerprint density at radius 1 is 1.00 bits per heavy atom. The molecule has 0 unspecified atom stereocenters. The van der Waals surface area contributed by atoms with Crippen molar-refractivity contribution in [2.75, 3.05) is 11.9 Å². The quantitative estimate of drug-likeness (QED) is 0.653. The maximum absolute atomic E-state index is 12.3. The second-order valence-electron chi connectivity index (χ2n) is 4.74. The van der Waals surface area contributed by atoms with Crippen LogP contribution in [0.3, 0.4) is 0 Å². The predicted molar refractivity (Wildman–Crippen MR) is 87.9 cm³/mol. The number of para-hydroxylation sites is 2. The Morgan fingerprint density at radius 2 is 1.70 bits per heavy atom. The molecule has 0 saturated carbocycles. The second kappa shape index (κ2) is 7.98. The summed E-state index contributed by atoms with van der Waals surface area (Å²) in [6.45, 7) is 4.12. The van der Waals surface area contributed by atoms with E-state index in [0.29, 0.717) is 35.8 Å². The molecule has 0 radical (unpaired) electrons. The van der Waals surface area contributed by atoms with Gasteiger partial charge in [0.1, 0.15) is 11.5 Å². The molecule has 0 heterocycles. The SMILES string of the molecule is CCOc1ccccc1NC(=O)c1ccc(OC(=O)CC)cc1. The number of ether oxygens (including phenoxy) is 2. The maximum atomic E-state index is 12.3. The molecule has 0 fully saturated rings. The molecule has 0 spiro atoms. The molecule has 1 N–H and O–H groups in total. The minimum Gasteiger partial charge on any atom is -0.492 e. The fourth-order valence-corrected chi connectivity index (χ4v) is 1.92. The van der Waals surface area contributed by atoms with Gasteiger partial charge in [0.2, 0.25) is 0 Å². The van der Waals surface area contributed by atoms with Crippen LogP contribution in [0.4, 0.5) is 5.69 Å². The molecule has 2 aromatic rings. The normalized spacial score (nSPS) is 10.0. The van der Waals surface area contributed by atoms with E-state index >= 15 is 0 Å². The third-order valence-electron chi connectivity index (χ3n) is 3.07. The Kier molecular flexibility index (Phi) is 5.74. The standard InChI is InChI=1S/C18H19NO4/c1-3-17(20)23-14-11-9-13(10-12-14)18(21)19-15-7-5-6-8-16(15)22-4-2/h5-12H,3-4H2,1-2H3,(H,19,21). The summed E-state index contributed by atoms with van der Waals surface area (Å²) in [6.07, 6.45) is 0.302. The van der Waals surface area contributed by atoms with Crippen LogP contribution in [0.25, 0.3) is 0 Å². The fraction of sp³-hybridized carbons (Fsp3) is 0.222. The lowest BCUT2D eigenvalue weighted by Crippen LogP contribution is -2.13. The molecule has 0 saturated heterocycles. The van der Waals surface area contributed by atoms with E-state index in [2.05, 4.69) is 5.32 Å². The first-order chi connectivity index (χ1) is 11.1. The lowest BCUT2D eigenvalue weighted by Gasteiger charge is -2.11. The van der Waals surface area contributed by atoms with Crippen LogP contribution in [0, 0.1) is 0 Å². The Labute approximate surface area is 135 Å². The Balaban J connectivity index is 2.08. The molecule has 0 aromatic heterocycles. The van der Waals surface area contributed by atoms with Crippen molar-refractivity contribution in [3.05, 3.63) is 54.1 Å². The van der Waals surface area contributed by atoms with Gasteiger partial charge in [-0.15, -0.1) is 0 Å². The first-order valence-electron chi connectivity index (χ1n) is 7.48. The van der Waals surface area contributed by atoms with Gasteiger partial charge in [0.25, 0.3) is 5.91 Å². The highest BCUT2D eigenvalue weighted by Gasteiger charge is 2.10. The molecule has 0 aliphatic carbocycles. The Morgan fingerprint density at radius 3 is 2.35 bits per heavy atom. The van der Waals surface area contributed by atoms with Crippen LogP contribution in [0.5, 0.6) is 11.5 Å². The molecule has 5 heteroatoms. The van der Waals surface area contributed by atoms with Crippen LogP contribution in [-0.2, 0) is 4.79 Å². The van der Waals surface area contributed by atoms with Crippen molar-refractivity contribution in [2.45, 2.75) is 20.3 Å². The summed E-state index contributed by atoms with van der Waals surface area (Å²) in [7, 11) is 0. The zero-order valence-corrected chi connectivity index (χ0v) is 13.2. The zero-order valence-electron chi connectivity index (χ0n) is 13.2. The molecule has 1 amide bonds. The van der Waals surface area contributed by atoms with E-state index in [1.807, 2.05) is 19.1 Å². The molecule has 2 rings (SSSR count). The Hall–Kier alpha value is -2.82. The van der Waals surface area contributed by atoms with Crippen molar-refractivity contribution in [3.8, 4) is 11.5 Å². The molecule has 23 heavy (non-hydrogen) atoms. The molecule has 0 atom stereocenters. The van der Waals surface area contributed by atoms with Gasteiger partial charge in [0.05, 0.1) is 12.3 Å². The number of esters is 1. The number of carbonyl (C=O) groups excluding carboxylic acids is 2. The van der Waals surface area contributed by atoms with Gasteiger partial charge < -0.3 is 14.8 Å². The molecule has 0 aliphatic rings. The summed E-state index contributed by atoms with van der Waals surface area (Å²) in [6, 6.07) is 13.7. The van der Waals surface area contributed by atoms with E-state index < -0.39 is 0 Å². The van der Waals surface area contributed by atoms with Gasteiger partial charge in [-0.05, 0) is 43.3 Å². The molecular weight excluding hydrogens is 294 g/mol. The van der Waals surface area contributed by atoms with Crippen LogP contribution in [0.2, 0.25) is 0 Å².